The minimum Gasteiger partial charge on any atom is -0.364 e. The maximum atomic E-state index is 9.74. The van der Waals surface area contributed by atoms with Crippen molar-refractivity contribution in [3.63, 3.8) is 0 Å². The second-order valence-corrected chi connectivity index (χ2v) is 6.12. The minimum absolute atomic E-state index is 0.500. The molecule has 1 N–H and O–H groups in total. The molecular formula is C11H10Br2O2S. The normalized spacial score (nSPS) is 13.2. The van der Waals surface area contributed by atoms with Gasteiger partial charge in [0.1, 0.15) is 0 Å². The number of aliphatic hydroxyl groups excluding tert-OH is 1. The van der Waals surface area contributed by atoms with Crippen molar-refractivity contribution in [1.82, 2.24) is 0 Å². The smallest absolute Gasteiger partial charge is 0.190 e. The van der Waals surface area contributed by atoms with Gasteiger partial charge in [-0.25, -0.2) is 0 Å². The third kappa shape index (κ3) is 2.49. The van der Waals surface area contributed by atoms with Gasteiger partial charge in [-0.2, -0.15) is 0 Å². The average molecular weight is 366 g/mol. The Morgan fingerprint density at radius 3 is 2.81 bits per heavy atom. The lowest BCUT2D eigenvalue weighted by molar-refractivity contribution is -0.0954. The van der Waals surface area contributed by atoms with Gasteiger partial charge in [-0.3, -0.25) is 0 Å². The number of halogens is 2. The Kier molecular flexibility index (Phi) is 4.02. The van der Waals surface area contributed by atoms with Crippen LogP contribution in [0.4, 0.5) is 0 Å². The molecule has 1 aromatic heterocycles. The highest BCUT2D eigenvalue weighted by Crippen LogP contribution is 2.37. The van der Waals surface area contributed by atoms with E-state index in [1.54, 1.807) is 0 Å². The number of aliphatic hydroxyl groups is 1. The summed E-state index contributed by atoms with van der Waals surface area (Å²) in [6.07, 6.45) is -0.826. The lowest BCUT2D eigenvalue weighted by Gasteiger charge is -2.06. The quantitative estimate of drug-likeness (QED) is 0.814. The first-order chi connectivity index (χ1) is 7.61. The molecule has 0 bridgehead atoms. The topological polar surface area (TPSA) is 29.5 Å². The molecule has 0 aliphatic rings. The zero-order chi connectivity index (χ0) is 11.7. The summed E-state index contributed by atoms with van der Waals surface area (Å²) in [6.45, 7) is 2.36. The molecule has 1 aromatic carbocycles. The van der Waals surface area contributed by atoms with E-state index >= 15 is 0 Å². The highest BCUT2D eigenvalue weighted by molar-refractivity contribution is 9.11. The molecule has 86 valence electrons. The number of hydrogen-bond donors (Lipinski definition) is 1. The van der Waals surface area contributed by atoms with Crippen molar-refractivity contribution < 1.29 is 9.84 Å². The van der Waals surface area contributed by atoms with Gasteiger partial charge in [0.2, 0.25) is 0 Å². The summed E-state index contributed by atoms with van der Waals surface area (Å²) in [5.74, 6) is 0. The average Bonchev–Trinajstić information content (AvgIpc) is 2.62. The number of thiophene rings is 1. The molecule has 1 unspecified atom stereocenters. The van der Waals surface area contributed by atoms with E-state index < -0.39 is 6.29 Å². The Labute approximate surface area is 114 Å². The number of fused-ring (bicyclic) bond motifs is 1. The standard InChI is InChI=1S/C11H10Br2O2S/c1-2-15-11(14)9-4-6-3-7(12)5-8(13)10(6)16-9/h3-5,11,14H,2H2,1H3. The van der Waals surface area contributed by atoms with Gasteiger partial charge >= 0.3 is 0 Å². The Balaban J connectivity index is 2.47. The van der Waals surface area contributed by atoms with Gasteiger partial charge in [0, 0.05) is 20.3 Å². The van der Waals surface area contributed by atoms with Gasteiger partial charge in [0.25, 0.3) is 0 Å². The van der Waals surface area contributed by atoms with Crippen molar-refractivity contribution in [1.29, 1.82) is 0 Å². The van der Waals surface area contributed by atoms with Crippen LogP contribution in [0, 0.1) is 0 Å². The Bertz CT molecular complexity index is 510. The fourth-order valence-electron chi connectivity index (χ4n) is 1.46. The van der Waals surface area contributed by atoms with Crippen LogP contribution in [-0.2, 0) is 4.74 Å². The molecule has 5 heteroatoms. The molecule has 0 fully saturated rings. The maximum Gasteiger partial charge on any atom is 0.190 e. The van der Waals surface area contributed by atoms with E-state index in [0.29, 0.717) is 6.61 Å². The molecule has 1 atom stereocenters. The van der Waals surface area contributed by atoms with Crippen LogP contribution in [0.25, 0.3) is 10.1 Å². The first-order valence-electron chi connectivity index (χ1n) is 4.80. The lowest BCUT2D eigenvalue weighted by Crippen LogP contribution is -1.99. The molecule has 16 heavy (non-hydrogen) atoms. The fourth-order valence-corrected chi connectivity index (χ4v) is 3.94. The van der Waals surface area contributed by atoms with Gasteiger partial charge in [0.15, 0.2) is 6.29 Å². The lowest BCUT2D eigenvalue weighted by atomic mass is 10.2. The molecule has 0 saturated heterocycles. The highest BCUT2D eigenvalue weighted by Gasteiger charge is 2.13. The highest BCUT2D eigenvalue weighted by atomic mass is 79.9. The summed E-state index contributed by atoms with van der Waals surface area (Å²) < 4.78 is 8.33. The van der Waals surface area contributed by atoms with Crippen LogP contribution in [0.1, 0.15) is 18.1 Å². The SMILES string of the molecule is CCOC(O)c1cc2cc(Br)cc(Br)c2s1. The van der Waals surface area contributed by atoms with E-state index in [4.69, 9.17) is 4.74 Å². The molecule has 1 heterocycles. The van der Waals surface area contributed by atoms with Crippen molar-refractivity contribution >= 4 is 53.3 Å². The number of rotatable bonds is 3. The van der Waals surface area contributed by atoms with Crippen LogP contribution in [0.2, 0.25) is 0 Å². The molecule has 0 spiro atoms. The second-order valence-electron chi connectivity index (χ2n) is 3.26. The van der Waals surface area contributed by atoms with Crippen LogP contribution in [0.15, 0.2) is 27.1 Å². The molecule has 2 aromatic rings. The van der Waals surface area contributed by atoms with Gasteiger partial charge in [-0.1, -0.05) is 15.9 Å². The molecule has 0 aliphatic carbocycles. The molecular weight excluding hydrogens is 356 g/mol. The van der Waals surface area contributed by atoms with Gasteiger partial charge in [-0.15, -0.1) is 11.3 Å². The van der Waals surface area contributed by atoms with E-state index in [0.717, 1.165) is 23.9 Å². The number of hydrogen-bond acceptors (Lipinski definition) is 3. The van der Waals surface area contributed by atoms with Crippen LogP contribution in [-0.4, -0.2) is 11.7 Å². The van der Waals surface area contributed by atoms with Crippen molar-refractivity contribution in [2.24, 2.45) is 0 Å². The fraction of sp³-hybridized carbons (Fsp3) is 0.273. The molecule has 2 rings (SSSR count). The summed E-state index contributed by atoms with van der Waals surface area (Å²) in [4.78, 5) is 0.829. The Morgan fingerprint density at radius 2 is 2.12 bits per heavy atom. The summed E-state index contributed by atoms with van der Waals surface area (Å²) in [5, 5.41) is 10.8. The number of benzene rings is 1. The van der Waals surface area contributed by atoms with Crippen molar-refractivity contribution in [2.75, 3.05) is 6.61 Å². The molecule has 0 radical (unpaired) electrons. The minimum atomic E-state index is -0.826. The summed E-state index contributed by atoms with van der Waals surface area (Å²) in [6, 6.07) is 5.98. The third-order valence-electron chi connectivity index (χ3n) is 2.12. The maximum absolute atomic E-state index is 9.74. The Morgan fingerprint density at radius 1 is 1.38 bits per heavy atom. The van der Waals surface area contributed by atoms with E-state index in [-0.39, 0.29) is 0 Å². The van der Waals surface area contributed by atoms with E-state index in [1.807, 2.05) is 25.1 Å². The third-order valence-corrected chi connectivity index (χ3v) is 4.68. The van der Waals surface area contributed by atoms with E-state index in [9.17, 15) is 5.11 Å². The predicted molar refractivity (Wildman–Crippen MR) is 73.8 cm³/mol. The van der Waals surface area contributed by atoms with Crippen LogP contribution >= 0.6 is 43.2 Å². The molecule has 0 saturated carbocycles. The summed E-state index contributed by atoms with van der Waals surface area (Å²) in [7, 11) is 0. The van der Waals surface area contributed by atoms with E-state index in [1.165, 1.54) is 11.3 Å². The monoisotopic (exact) mass is 364 g/mol. The summed E-state index contributed by atoms with van der Waals surface area (Å²) in [5.41, 5.74) is 0. The predicted octanol–water partition coefficient (Wildman–Crippen LogP) is 4.45. The van der Waals surface area contributed by atoms with Crippen molar-refractivity contribution in [3.05, 3.63) is 32.0 Å². The largest absolute Gasteiger partial charge is 0.364 e. The van der Waals surface area contributed by atoms with Gasteiger partial charge in [0.05, 0.1) is 4.88 Å². The molecule has 0 amide bonds. The second kappa shape index (κ2) is 5.14. The molecule has 2 nitrogen and oxygen atoms in total. The van der Waals surface area contributed by atoms with Crippen LogP contribution in [0.5, 0.6) is 0 Å². The zero-order valence-corrected chi connectivity index (χ0v) is 12.5. The van der Waals surface area contributed by atoms with Crippen LogP contribution < -0.4 is 0 Å². The molecule has 0 aliphatic heterocycles. The van der Waals surface area contributed by atoms with Crippen molar-refractivity contribution in [3.8, 4) is 0 Å². The van der Waals surface area contributed by atoms with Gasteiger partial charge in [-0.05, 0) is 46.4 Å². The van der Waals surface area contributed by atoms with Crippen molar-refractivity contribution in [2.45, 2.75) is 13.2 Å². The summed E-state index contributed by atoms with van der Waals surface area (Å²) >= 11 is 8.49. The first kappa shape index (κ1) is 12.5. The van der Waals surface area contributed by atoms with E-state index in [2.05, 4.69) is 31.9 Å². The Hall–Kier alpha value is 0.0600. The van der Waals surface area contributed by atoms with Crippen LogP contribution in [0.3, 0.4) is 0 Å². The number of ether oxygens (including phenoxy) is 1. The van der Waals surface area contributed by atoms with Gasteiger partial charge < -0.3 is 9.84 Å². The zero-order valence-electron chi connectivity index (χ0n) is 8.54. The first-order valence-corrected chi connectivity index (χ1v) is 7.20.